The number of benzene rings is 1. The number of hydroxylamine groups is 1. The lowest BCUT2D eigenvalue weighted by Gasteiger charge is -2.14. The maximum absolute atomic E-state index is 13.2. The van der Waals surface area contributed by atoms with Crippen LogP contribution in [0.25, 0.3) is 0 Å². The summed E-state index contributed by atoms with van der Waals surface area (Å²) >= 11 is 0. The van der Waals surface area contributed by atoms with Crippen molar-refractivity contribution in [2.45, 2.75) is 19.9 Å². The Balaban J connectivity index is 2.82. The summed E-state index contributed by atoms with van der Waals surface area (Å²) in [4.78, 5) is 4.88. The Hall–Kier alpha value is -1.00. The maximum atomic E-state index is 13.2. The van der Waals surface area contributed by atoms with Gasteiger partial charge in [-0.15, -0.1) is 0 Å². The summed E-state index contributed by atoms with van der Waals surface area (Å²) < 4.78 is 26.4. The van der Waals surface area contributed by atoms with E-state index in [4.69, 9.17) is 4.84 Å². The number of nitrogens with one attached hydrogen (secondary N) is 1. The third-order valence-corrected chi connectivity index (χ3v) is 1.84. The molecule has 0 aliphatic heterocycles. The lowest BCUT2D eigenvalue weighted by atomic mass is 10.1. The SMILES string of the molecule is CCONC(C)c1c(F)cccc1F. The van der Waals surface area contributed by atoms with Gasteiger partial charge in [-0.3, -0.25) is 0 Å². The number of halogens is 2. The van der Waals surface area contributed by atoms with Crippen molar-refractivity contribution in [3.8, 4) is 0 Å². The van der Waals surface area contributed by atoms with Gasteiger partial charge in [-0.25, -0.2) is 8.78 Å². The van der Waals surface area contributed by atoms with E-state index in [9.17, 15) is 8.78 Å². The molecule has 2 nitrogen and oxygen atoms in total. The van der Waals surface area contributed by atoms with E-state index in [0.29, 0.717) is 6.61 Å². The number of rotatable bonds is 4. The fraction of sp³-hybridized carbons (Fsp3) is 0.400. The van der Waals surface area contributed by atoms with Crippen molar-refractivity contribution in [3.05, 3.63) is 35.4 Å². The first kappa shape index (κ1) is 11.1. The maximum Gasteiger partial charge on any atom is 0.130 e. The fourth-order valence-corrected chi connectivity index (χ4v) is 1.19. The predicted octanol–water partition coefficient (Wildman–Crippen LogP) is 2.57. The van der Waals surface area contributed by atoms with Crippen LogP contribution in [0, 0.1) is 11.6 Å². The smallest absolute Gasteiger partial charge is 0.130 e. The van der Waals surface area contributed by atoms with Crippen LogP contribution < -0.4 is 5.48 Å². The zero-order valence-corrected chi connectivity index (χ0v) is 8.18. The number of hydrogen-bond acceptors (Lipinski definition) is 2. The van der Waals surface area contributed by atoms with Crippen LogP contribution in [0.15, 0.2) is 18.2 Å². The van der Waals surface area contributed by atoms with Gasteiger partial charge >= 0.3 is 0 Å². The Morgan fingerprint density at radius 2 is 1.93 bits per heavy atom. The summed E-state index contributed by atoms with van der Waals surface area (Å²) in [6.45, 7) is 3.87. The van der Waals surface area contributed by atoms with Gasteiger partial charge in [0.1, 0.15) is 11.6 Å². The van der Waals surface area contributed by atoms with Crippen molar-refractivity contribution in [1.82, 2.24) is 5.48 Å². The molecule has 0 fully saturated rings. The van der Waals surface area contributed by atoms with Crippen molar-refractivity contribution in [3.63, 3.8) is 0 Å². The first-order valence-corrected chi connectivity index (χ1v) is 4.48. The average molecular weight is 201 g/mol. The second kappa shape index (κ2) is 5.02. The minimum absolute atomic E-state index is 0.000880. The first-order valence-electron chi connectivity index (χ1n) is 4.48. The Bertz CT molecular complexity index is 284. The molecule has 4 heteroatoms. The zero-order chi connectivity index (χ0) is 10.6. The van der Waals surface area contributed by atoms with Crippen LogP contribution in [-0.4, -0.2) is 6.61 Å². The third kappa shape index (κ3) is 2.49. The summed E-state index contributed by atoms with van der Waals surface area (Å²) in [5.41, 5.74) is 2.55. The van der Waals surface area contributed by atoms with Gasteiger partial charge in [0, 0.05) is 5.56 Å². The van der Waals surface area contributed by atoms with Gasteiger partial charge in [0.2, 0.25) is 0 Å². The van der Waals surface area contributed by atoms with Crippen LogP contribution in [0.3, 0.4) is 0 Å². The molecule has 0 saturated carbocycles. The molecule has 1 atom stereocenters. The van der Waals surface area contributed by atoms with Gasteiger partial charge in [0.15, 0.2) is 0 Å². The monoisotopic (exact) mass is 201 g/mol. The third-order valence-electron chi connectivity index (χ3n) is 1.84. The standard InChI is InChI=1S/C10H13F2NO/c1-3-14-13-7(2)10-8(11)5-4-6-9(10)12/h4-7,13H,3H2,1-2H3. The summed E-state index contributed by atoms with van der Waals surface area (Å²) in [5, 5.41) is 0. The van der Waals surface area contributed by atoms with Crippen molar-refractivity contribution < 1.29 is 13.6 Å². The van der Waals surface area contributed by atoms with E-state index in [0.717, 1.165) is 0 Å². The van der Waals surface area contributed by atoms with Crippen molar-refractivity contribution in [2.24, 2.45) is 0 Å². The summed E-state index contributed by atoms with van der Waals surface area (Å²) in [7, 11) is 0. The van der Waals surface area contributed by atoms with E-state index < -0.39 is 17.7 Å². The highest BCUT2D eigenvalue weighted by molar-refractivity contribution is 5.22. The molecule has 1 unspecified atom stereocenters. The minimum Gasteiger partial charge on any atom is -0.302 e. The zero-order valence-electron chi connectivity index (χ0n) is 8.18. The second-order valence-corrected chi connectivity index (χ2v) is 2.91. The molecular weight excluding hydrogens is 188 g/mol. The highest BCUT2D eigenvalue weighted by Crippen LogP contribution is 2.19. The molecule has 1 N–H and O–H groups in total. The molecule has 0 aliphatic carbocycles. The van der Waals surface area contributed by atoms with Gasteiger partial charge in [-0.2, -0.15) is 5.48 Å². The topological polar surface area (TPSA) is 21.3 Å². The van der Waals surface area contributed by atoms with Crippen molar-refractivity contribution >= 4 is 0 Å². The molecule has 0 aromatic heterocycles. The lowest BCUT2D eigenvalue weighted by Crippen LogP contribution is -2.21. The molecule has 1 aromatic carbocycles. The van der Waals surface area contributed by atoms with Crippen LogP contribution in [0.5, 0.6) is 0 Å². The van der Waals surface area contributed by atoms with Crippen LogP contribution >= 0.6 is 0 Å². The molecule has 0 heterocycles. The lowest BCUT2D eigenvalue weighted by molar-refractivity contribution is 0.0268. The molecule has 0 bridgehead atoms. The molecule has 0 aliphatic rings. The predicted molar refractivity (Wildman–Crippen MR) is 49.5 cm³/mol. The van der Waals surface area contributed by atoms with E-state index >= 15 is 0 Å². The average Bonchev–Trinajstić information content (AvgIpc) is 2.14. The highest BCUT2D eigenvalue weighted by Gasteiger charge is 2.15. The van der Waals surface area contributed by atoms with Crippen LogP contribution in [0.1, 0.15) is 25.5 Å². The van der Waals surface area contributed by atoms with Gasteiger partial charge < -0.3 is 4.84 Å². The molecule has 78 valence electrons. The Morgan fingerprint density at radius 3 is 2.43 bits per heavy atom. The van der Waals surface area contributed by atoms with Gasteiger partial charge in [-0.1, -0.05) is 6.07 Å². The Kier molecular flexibility index (Phi) is 3.98. The molecule has 0 radical (unpaired) electrons. The molecule has 0 spiro atoms. The van der Waals surface area contributed by atoms with Crippen LogP contribution in [0.4, 0.5) is 8.78 Å². The molecule has 14 heavy (non-hydrogen) atoms. The molecular formula is C10H13F2NO. The van der Waals surface area contributed by atoms with Gasteiger partial charge in [-0.05, 0) is 26.0 Å². The molecule has 1 aromatic rings. The minimum atomic E-state index is -0.565. The van der Waals surface area contributed by atoms with Crippen LogP contribution in [0.2, 0.25) is 0 Å². The van der Waals surface area contributed by atoms with E-state index in [1.165, 1.54) is 18.2 Å². The van der Waals surface area contributed by atoms with E-state index in [-0.39, 0.29) is 5.56 Å². The summed E-state index contributed by atoms with van der Waals surface area (Å²) in [5.74, 6) is -1.13. The van der Waals surface area contributed by atoms with Crippen molar-refractivity contribution in [2.75, 3.05) is 6.61 Å². The summed E-state index contributed by atoms with van der Waals surface area (Å²) in [6, 6.07) is 3.28. The Labute approximate surface area is 81.8 Å². The normalized spacial score (nSPS) is 12.9. The molecule has 0 amide bonds. The Morgan fingerprint density at radius 1 is 1.36 bits per heavy atom. The van der Waals surface area contributed by atoms with E-state index in [2.05, 4.69) is 5.48 Å². The first-order chi connectivity index (χ1) is 6.66. The quantitative estimate of drug-likeness (QED) is 0.756. The second-order valence-electron chi connectivity index (χ2n) is 2.91. The largest absolute Gasteiger partial charge is 0.302 e. The highest BCUT2D eigenvalue weighted by atomic mass is 19.1. The molecule has 1 rings (SSSR count). The number of hydrogen-bond donors (Lipinski definition) is 1. The summed E-state index contributed by atoms with van der Waals surface area (Å²) in [6.07, 6.45) is 0. The van der Waals surface area contributed by atoms with Crippen molar-refractivity contribution in [1.29, 1.82) is 0 Å². The van der Waals surface area contributed by atoms with Gasteiger partial charge in [0.25, 0.3) is 0 Å². The van der Waals surface area contributed by atoms with E-state index in [1.54, 1.807) is 13.8 Å². The molecule has 0 saturated heterocycles. The fourth-order valence-electron chi connectivity index (χ4n) is 1.19. The van der Waals surface area contributed by atoms with E-state index in [1.807, 2.05) is 0 Å². The van der Waals surface area contributed by atoms with Crippen LogP contribution in [-0.2, 0) is 4.84 Å². The van der Waals surface area contributed by atoms with Gasteiger partial charge in [0.05, 0.1) is 12.6 Å².